The summed E-state index contributed by atoms with van der Waals surface area (Å²) in [5.74, 6) is 0. The van der Waals surface area contributed by atoms with Gasteiger partial charge in [-0.3, -0.25) is 4.79 Å². The van der Waals surface area contributed by atoms with E-state index in [-0.39, 0.29) is 16.6 Å². The molecule has 4 heterocycles. The Balaban J connectivity index is 1.51. The minimum atomic E-state index is -0.107. The monoisotopic (exact) mass is 474 g/mol. The highest BCUT2D eigenvalue weighted by molar-refractivity contribution is 5.82. The smallest absolute Gasteiger partial charge is 0.252 e. The van der Waals surface area contributed by atoms with Gasteiger partial charge < -0.3 is 15.6 Å². The van der Waals surface area contributed by atoms with Crippen LogP contribution in [0.25, 0.3) is 16.6 Å². The fourth-order valence-corrected chi connectivity index (χ4v) is 5.80. The molecule has 1 saturated carbocycles. The number of nitrogens with one attached hydrogen (secondary N) is 3. The number of hydrogen-bond donors (Lipinski definition) is 3. The summed E-state index contributed by atoms with van der Waals surface area (Å²) in [5, 5.41) is 13.1. The maximum Gasteiger partial charge on any atom is 0.252 e. The Morgan fingerprint density at radius 2 is 1.91 bits per heavy atom. The number of hydrogen-bond acceptors (Lipinski definition) is 5. The van der Waals surface area contributed by atoms with Crippen LogP contribution in [0.15, 0.2) is 29.2 Å². The van der Waals surface area contributed by atoms with Gasteiger partial charge in [-0.1, -0.05) is 6.08 Å². The van der Waals surface area contributed by atoms with E-state index in [2.05, 4.69) is 60.1 Å². The van der Waals surface area contributed by atoms with Gasteiger partial charge >= 0.3 is 0 Å². The molecule has 3 aromatic rings. The van der Waals surface area contributed by atoms with Gasteiger partial charge in [-0.15, -0.1) is 0 Å². The van der Waals surface area contributed by atoms with Crippen molar-refractivity contribution in [3.63, 3.8) is 0 Å². The molecule has 2 aliphatic rings. The second-order valence-corrected chi connectivity index (χ2v) is 11.7. The van der Waals surface area contributed by atoms with Crippen LogP contribution in [0.5, 0.6) is 0 Å². The zero-order chi connectivity index (χ0) is 25.0. The molecule has 186 valence electrons. The predicted octanol–water partition coefficient (Wildman–Crippen LogP) is 4.69. The van der Waals surface area contributed by atoms with Gasteiger partial charge in [-0.25, -0.2) is 9.67 Å². The molecule has 1 aliphatic carbocycles. The van der Waals surface area contributed by atoms with Gasteiger partial charge in [0.15, 0.2) is 5.65 Å². The third kappa shape index (κ3) is 4.84. The van der Waals surface area contributed by atoms with E-state index in [9.17, 15) is 4.79 Å². The average molecular weight is 475 g/mol. The third-order valence-electron chi connectivity index (χ3n) is 7.34. The summed E-state index contributed by atoms with van der Waals surface area (Å²) in [6, 6.07) is 4.69. The van der Waals surface area contributed by atoms with E-state index in [1.54, 1.807) is 0 Å². The summed E-state index contributed by atoms with van der Waals surface area (Å²) in [6.45, 7) is 14.0. The van der Waals surface area contributed by atoms with Crippen molar-refractivity contribution in [2.45, 2.75) is 97.4 Å². The molecule has 0 bridgehead atoms. The van der Waals surface area contributed by atoms with Crippen molar-refractivity contribution in [3.8, 4) is 0 Å². The number of H-pyrrole nitrogens is 1. The number of rotatable bonds is 6. The lowest BCUT2D eigenvalue weighted by Crippen LogP contribution is -2.53. The highest BCUT2D eigenvalue weighted by Gasteiger charge is 2.33. The van der Waals surface area contributed by atoms with Gasteiger partial charge in [0.1, 0.15) is 0 Å². The standard InChI is InChI=1S/C28H38N6O/c1-17-10-18(2)31-26(35)22(17)15-29-14-19-11-24(20-12-27(3,4)33-28(5,6)13-20)32-25-23(19)16-30-34(25)21-8-7-9-21/h10-12,16,21,29,33H,7-9,13-15H2,1-6H3,(H,31,35). The number of aryl methyl sites for hydroxylation is 2. The lowest BCUT2D eigenvalue weighted by atomic mass is 9.82. The lowest BCUT2D eigenvalue weighted by molar-refractivity contribution is 0.295. The number of aromatic amines is 1. The minimum absolute atomic E-state index is 0.0131. The van der Waals surface area contributed by atoms with Crippen LogP contribution in [0, 0.1) is 13.8 Å². The Bertz CT molecular complexity index is 1360. The van der Waals surface area contributed by atoms with Gasteiger partial charge in [-0.2, -0.15) is 5.10 Å². The van der Waals surface area contributed by atoms with Crippen LogP contribution in [0.2, 0.25) is 0 Å². The summed E-state index contributed by atoms with van der Waals surface area (Å²) in [4.78, 5) is 20.6. The Hall–Kier alpha value is -2.77. The quantitative estimate of drug-likeness (QED) is 0.483. The summed E-state index contributed by atoms with van der Waals surface area (Å²) in [7, 11) is 0. The third-order valence-corrected chi connectivity index (χ3v) is 7.34. The van der Waals surface area contributed by atoms with E-state index in [0.717, 1.165) is 40.0 Å². The fraction of sp³-hybridized carbons (Fsp3) is 0.536. The first-order valence-electron chi connectivity index (χ1n) is 12.8. The Kier molecular flexibility index (Phi) is 5.96. The molecule has 1 fully saturated rings. The number of fused-ring (bicyclic) bond motifs is 1. The molecule has 35 heavy (non-hydrogen) atoms. The lowest BCUT2D eigenvalue weighted by Gasteiger charge is -2.41. The largest absolute Gasteiger partial charge is 0.326 e. The summed E-state index contributed by atoms with van der Waals surface area (Å²) in [5.41, 5.74) is 7.01. The topological polar surface area (TPSA) is 87.6 Å². The van der Waals surface area contributed by atoms with Crippen LogP contribution in [-0.4, -0.2) is 30.8 Å². The second kappa shape index (κ2) is 8.71. The molecule has 0 radical (unpaired) electrons. The molecule has 7 nitrogen and oxygen atoms in total. The van der Waals surface area contributed by atoms with Crippen LogP contribution in [-0.2, 0) is 13.1 Å². The van der Waals surface area contributed by atoms with E-state index in [0.29, 0.717) is 19.1 Å². The van der Waals surface area contributed by atoms with E-state index in [1.807, 2.05) is 26.1 Å². The zero-order valence-corrected chi connectivity index (χ0v) is 21.9. The molecular weight excluding hydrogens is 436 g/mol. The molecule has 0 spiro atoms. The number of pyridine rings is 2. The maximum absolute atomic E-state index is 12.5. The van der Waals surface area contributed by atoms with Gasteiger partial charge in [-0.05, 0) is 96.1 Å². The summed E-state index contributed by atoms with van der Waals surface area (Å²) >= 11 is 0. The van der Waals surface area contributed by atoms with E-state index in [4.69, 9.17) is 10.1 Å². The van der Waals surface area contributed by atoms with Gasteiger partial charge in [0, 0.05) is 40.8 Å². The highest BCUT2D eigenvalue weighted by atomic mass is 16.1. The highest BCUT2D eigenvalue weighted by Crippen LogP contribution is 2.37. The molecule has 1 aliphatic heterocycles. The van der Waals surface area contributed by atoms with Crippen LogP contribution in [0.4, 0.5) is 0 Å². The first-order valence-corrected chi connectivity index (χ1v) is 12.8. The van der Waals surface area contributed by atoms with Crippen LogP contribution in [0.1, 0.15) is 87.5 Å². The molecule has 0 unspecified atom stereocenters. The van der Waals surface area contributed by atoms with Crippen molar-refractivity contribution in [3.05, 3.63) is 62.8 Å². The first-order chi connectivity index (χ1) is 16.5. The average Bonchev–Trinajstić information content (AvgIpc) is 3.10. The van der Waals surface area contributed by atoms with Crippen molar-refractivity contribution in [1.82, 2.24) is 30.4 Å². The summed E-state index contributed by atoms with van der Waals surface area (Å²) < 4.78 is 2.14. The SMILES string of the molecule is Cc1cc(C)c(CNCc2cc(C3=CC(C)(C)NC(C)(C)C3)nc3c2cnn3C2CCC2)c(=O)[nH]1. The maximum atomic E-state index is 12.5. The Morgan fingerprint density at radius 3 is 2.57 bits per heavy atom. The molecular formula is C28H38N6O. The summed E-state index contributed by atoms with van der Waals surface area (Å²) in [6.07, 6.45) is 8.79. The van der Waals surface area contributed by atoms with Crippen molar-refractivity contribution in [2.24, 2.45) is 0 Å². The van der Waals surface area contributed by atoms with E-state index >= 15 is 0 Å². The molecule has 0 atom stereocenters. The normalized spacial score (nSPS) is 19.5. The van der Waals surface area contributed by atoms with E-state index < -0.39 is 0 Å². The van der Waals surface area contributed by atoms with Gasteiger partial charge in [0.25, 0.3) is 5.56 Å². The molecule has 3 aromatic heterocycles. The fourth-order valence-electron chi connectivity index (χ4n) is 5.80. The Morgan fingerprint density at radius 1 is 1.14 bits per heavy atom. The van der Waals surface area contributed by atoms with Crippen LogP contribution >= 0.6 is 0 Å². The van der Waals surface area contributed by atoms with Crippen LogP contribution < -0.4 is 16.2 Å². The molecule has 0 saturated heterocycles. The van der Waals surface area contributed by atoms with Crippen molar-refractivity contribution in [2.75, 3.05) is 0 Å². The van der Waals surface area contributed by atoms with Crippen molar-refractivity contribution in [1.29, 1.82) is 0 Å². The molecule has 7 heteroatoms. The van der Waals surface area contributed by atoms with Gasteiger partial charge in [0.05, 0.1) is 17.9 Å². The van der Waals surface area contributed by atoms with Crippen molar-refractivity contribution < 1.29 is 0 Å². The zero-order valence-electron chi connectivity index (χ0n) is 21.9. The molecule has 0 aromatic carbocycles. The van der Waals surface area contributed by atoms with Crippen LogP contribution in [0.3, 0.4) is 0 Å². The molecule has 5 rings (SSSR count). The minimum Gasteiger partial charge on any atom is -0.326 e. The number of nitrogens with zero attached hydrogens (tertiary/aromatic N) is 3. The first kappa shape index (κ1) is 23.9. The predicted molar refractivity (Wildman–Crippen MR) is 141 cm³/mol. The molecule has 0 amide bonds. The second-order valence-electron chi connectivity index (χ2n) is 11.7. The molecule has 3 N–H and O–H groups in total. The van der Waals surface area contributed by atoms with E-state index in [1.165, 1.54) is 30.4 Å². The number of aromatic nitrogens is 4. The van der Waals surface area contributed by atoms with Gasteiger partial charge in [0.2, 0.25) is 0 Å². The van der Waals surface area contributed by atoms with Crippen molar-refractivity contribution >= 4 is 16.6 Å². The Labute approximate surface area is 207 Å².